The molecule has 0 spiro atoms. The van der Waals surface area contributed by atoms with Crippen molar-refractivity contribution in [1.82, 2.24) is 4.90 Å². The van der Waals surface area contributed by atoms with Crippen molar-refractivity contribution < 1.29 is 4.74 Å². The van der Waals surface area contributed by atoms with Crippen molar-refractivity contribution in [3.05, 3.63) is 35.9 Å². The fourth-order valence-electron chi connectivity index (χ4n) is 2.83. The highest BCUT2D eigenvalue weighted by Crippen LogP contribution is 2.14. The second-order valence-corrected chi connectivity index (χ2v) is 5.77. The normalized spacial score (nSPS) is 20.4. The monoisotopic (exact) mass is 276 g/mol. The number of ether oxygens (including phenoxy) is 1. The van der Waals surface area contributed by atoms with Gasteiger partial charge in [0.2, 0.25) is 0 Å². The van der Waals surface area contributed by atoms with Gasteiger partial charge in [0, 0.05) is 25.7 Å². The molecule has 2 rings (SSSR count). The van der Waals surface area contributed by atoms with E-state index in [1.54, 1.807) is 0 Å². The highest BCUT2D eigenvalue weighted by molar-refractivity contribution is 5.14. The summed E-state index contributed by atoms with van der Waals surface area (Å²) in [5.74, 6) is 0. The fourth-order valence-corrected chi connectivity index (χ4v) is 2.83. The molecule has 1 heterocycles. The van der Waals surface area contributed by atoms with Crippen molar-refractivity contribution in [2.24, 2.45) is 5.73 Å². The number of benzene rings is 1. The maximum atomic E-state index is 6.29. The molecule has 0 saturated carbocycles. The average molecular weight is 276 g/mol. The summed E-state index contributed by atoms with van der Waals surface area (Å²) >= 11 is 0. The molecule has 0 aromatic heterocycles. The average Bonchev–Trinajstić information content (AvgIpc) is 2.98. The molecule has 0 radical (unpaired) electrons. The highest BCUT2D eigenvalue weighted by atomic mass is 16.5. The van der Waals surface area contributed by atoms with E-state index in [2.05, 4.69) is 42.2 Å². The van der Waals surface area contributed by atoms with Crippen LogP contribution in [-0.4, -0.2) is 43.3 Å². The van der Waals surface area contributed by atoms with E-state index in [9.17, 15) is 0 Å². The van der Waals surface area contributed by atoms with Gasteiger partial charge < -0.3 is 10.5 Å². The van der Waals surface area contributed by atoms with Crippen LogP contribution < -0.4 is 5.73 Å². The molecule has 1 saturated heterocycles. The van der Waals surface area contributed by atoms with Crippen molar-refractivity contribution >= 4 is 0 Å². The van der Waals surface area contributed by atoms with Crippen molar-refractivity contribution in [2.45, 2.75) is 44.8 Å². The van der Waals surface area contributed by atoms with Gasteiger partial charge in [0.15, 0.2) is 0 Å². The summed E-state index contributed by atoms with van der Waals surface area (Å²) in [5, 5.41) is 0. The van der Waals surface area contributed by atoms with E-state index in [0.717, 1.165) is 39.1 Å². The van der Waals surface area contributed by atoms with Crippen molar-refractivity contribution in [3.63, 3.8) is 0 Å². The van der Waals surface area contributed by atoms with Crippen molar-refractivity contribution in [2.75, 3.05) is 26.2 Å². The van der Waals surface area contributed by atoms with E-state index in [-0.39, 0.29) is 6.04 Å². The summed E-state index contributed by atoms with van der Waals surface area (Å²) in [5.41, 5.74) is 7.67. The lowest BCUT2D eigenvalue weighted by Crippen LogP contribution is -2.41. The standard InChI is InChI=1S/C17H28N2O/c1-2-19(14-17-9-6-12-20-17)13-16(18)11-10-15-7-4-3-5-8-15/h3-5,7-8,16-17H,2,6,9-14,18H2,1H3. The second-order valence-electron chi connectivity index (χ2n) is 5.77. The molecule has 0 bridgehead atoms. The summed E-state index contributed by atoms with van der Waals surface area (Å²) in [7, 11) is 0. The Bertz CT molecular complexity index is 363. The van der Waals surface area contributed by atoms with Gasteiger partial charge >= 0.3 is 0 Å². The molecular formula is C17H28N2O. The number of aryl methyl sites for hydroxylation is 1. The first-order valence-electron chi connectivity index (χ1n) is 7.91. The summed E-state index contributed by atoms with van der Waals surface area (Å²) in [4.78, 5) is 2.44. The zero-order valence-corrected chi connectivity index (χ0v) is 12.6. The lowest BCUT2D eigenvalue weighted by atomic mass is 10.1. The smallest absolute Gasteiger partial charge is 0.0702 e. The molecule has 1 aliphatic heterocycles. The Morgan fingerprint density at radius 1 is 1.35 bits per heavy atom. The third-order valence-electron chi connectivity index (χ3n) is 4.07. The first-order chi connectivity index (χ1) is 9.78. The van der Waals surface area contributed by atoms with Crippen LogP contribution in [0.15, 0.2) is 30.3 Å². The summed E-state index contributed by atoms with van der Waals surface area (Å²) < 4.78 is 5.71. The van der Waals surface area contributed by atoms with Gasteiger partial charge in [0.25, 0.3) is 0 Å². The van der Waals surface area contributed by atoms with Gasteiger partial charge in [-0.1, -0.05) is 37.3 Å². The minimum absolute atomic E-state index is 0.247. The number of hydrogen-bond donors (Lipinski definition) is 1. The molecule has 2 N–H and O–H groups in total. The van der Waals surface area contributed by atoms with Gasteiger partial charge in [-0.05, 0) is 37.8 Å². The first kappa shape index (κ1) is 15.5. The highest BCUT2D eigenvalue weighted by Gasteiger charge is 2.19. The quantitative estimate of drug-likeness (QED) is 0.792. The largest absolute Gasteiger partial charge is 0.377 e. The van der Waals surface area contributed by atoms with Gasteiger partial charge in [-0.2, -0.15) is 0 Å². The Balaban J connectivity index is 1.69. The van der Waals surface area contributed by atoms with Crippen LogP contribution in [0.3, 0.4) is 0 Å². The summed E-state index contributed by atoms with van der Waals surface area (Å²) in [6.07, 6.45) is 4.96. The Hall–Kier alpha value is -0.900. The maximum Gasteiger partial charge on any atom is 0.0702 e. The van der Waals surface area contributed by atoms with Gasteiger partial charge in [-0.15, -0.1) is 0 Å². The molecule has 20 heavy (non-hydrogen) atoms. The van der Waals surface area contributed by atoms with Crippen molar-refractivity contribution in [1.29, 1.82) is 0 Å². The SMILES string of the molecule is CCN(CC(N)CCc1ccccc1)CC1CCCO1. The number of likely N-dealkylation sites (N-methyl/N-ethyl adjacent to an activating group) is 1. The van der Waals surface area contributed by atoms with Crippen LogP contribution in [0.1, 0.15) is 31.7 Å². The Morgan fingerprint density at radius 3 is 2.80 bits per heavy atom. The molecule has 3 nitrogen and oxygen atoms in total. The molecule has 0 aliphatic carbocycles. The van der Waals surface area contributed by atoms with Crippen molar-refractivity contribution in [3.8, 4) is 0 Å². The third kappa shape index (κ3) is 5.23. The van der Waals surface area contributed by atoms with Gasteiger partial charge in [-0.3, -0.25) is 4.90 Å². The van der Waals surface area contributed by atoms with E-state index >= 15 is 0 Å². The predicted octanol–water partition coefficient (Wildman–Crippen LogP) is 2.45. The lowest BCUT2D eigenvalue weighted by molar-refractivity contribution is 0.0727. The van der Waals surface area contributed by atoms with Gasteiger partial charge in [0.1, 0.15) is 0 Å². The van der Waals surface area contributed by atoms with Crippen LogP contribution in [0.4, 0.5) is 0 Å². The molecule has 1 aromatic carbocycles. The topological polar surface area (TPSA) is 38.5 Å². The fraction of sp³-hybridized carbons (Fsp3) is 0.647. The minimum atomic E-state index is 0.247. The summed E-state index contributed by atoms with van der Waals surface area (Å²) in [6, 6.07) is 10.8. The van der Waals surface area contributed by atoms with E-state index < -0.39 is 0 Å². The van der Waals surface area contributed by atoms with Gasteiger partial charge in [-0.25, -0.2) is 0 Å². The number of hydrogen-bond acceptors (Lipinski definition) is 3. The number of nitrogens with zero attached hydrogens (tertiary/aromatic N) is 1. The summed E-state index contributed by atoms with van der Waals surface area (Å²) in [6.45, 7) is 6.21. The zero-order chi connectivity index (χ0) is 14.2. The molecule has 0 amide bonds. The minimum Gasteiger partial charge on any atom is -0.377 e. The molecular weight excluding hydrogens is 248 g/mol. The first-order valence-corrected chi connectivity index (χ1v) is 7.91. The van der Waals surface area contributed by atoms with Crippen LogP contribution in [0, 0.1) is 0 Å². The number of rotatable bonds is 8. The molecule has 1 aliphatic rings. The number of nitrogens with two attached hydrogens (primary N) is 1. The Kier molecular flexibility index (Phi) is 6.51. The zero-order valence-electron chi connectivity index (χ0n) is 12.6. The van der Waals surface area contributed by atoms with E-state index in [0.29, 0.717) is 6.10 Å². The second kappa shape index (κ2) is 8.40. The molecule has 1 aromatic rings. The molecule has 2 atom stereocenters. The predicted molar refractivity (Wildman–Crippen MR) is 83.8 cm³/mol. The van der Waals surface area contributed by atoms with Crippen LogP contribution in [0.2, 0.25) is 0 Å². The Morgan fingerprint density at radius 2 is 2.15 bits per heavy atom. The van der Waals surface area contributed by atoms with Crippen LogP contribution in [0.25, 0.3) is 0 Å². The molecule has 3 heteroatoms. The van der Waals surface area contributed by atoms with Crippen LogP contribution >= 0.6 is 0 Å². The third-order valence-corrected chi connectivity index (χ3v) is 4.07. The maximum absolute atomic E-state index is 6.29. The van der Waals surface area contributed by atoms with Gasteiger partial charge in [0.05, 0.1) is 6.10 Å². The van der Waals surface area contributed by atoms with E-state index in [4.69, 9.17) is 10.5 Å². The molecule has 2 unspecified atom stereocenters. The van der Waals surface area contributed by atoms with E-state index in [1.165, 1.54) is 18.4 Å². The Labute approximate surface area is 123 Å². The molecule has 112 valence electrons. The van der Waals surface area contributed by atoms with Crippen LogP contribution in [-0.2, 0) is 11.2 Å². The van der Waals surface area contributed by atoms with Crippen LogP contribution in [0.5, 0.6) is 0 Å². The lowest BCUT2D eigenvalue weighted by Gasteiger charge is -2.26. The molecule has 1 fully saturated rings. The van der Waals surface area contributed by atoms with E-state index in [1.807, 2.05) is 0 Å².